The summed E-state index contributed by atoms with van der Waals surface area (Å²) in [7, 11) is 0. The summed E-state index contributed by atoms with van der Waals surface area (Å²) >= 11 is 0. The van der Waals surface area contributed by atoms with E-state index in [1.54, 1.807) is 0 Å². The third-order valence-electron chi connectivity index (χ3n) is 4.00. The van der Waals surface area contributed by atoms with Crippen LogP contribution in [0.3, 0.4) is 0 Å². The smallest absolute Gasteiger partial charge is 0.346 e. The van der Waals surface area contributed by atoms with Crippen molar-refractivity contribution in [3.05, 3.63) is 41.5 Å². The van der Waals surface area contributed by atoms with Gasteiger partial charge in [0.25, 0.3) is 5.91 Å². The van der Waals surface area contributed by atoms with Crippen LogP contribution in [0.15, 0.2) is 24.3 Å². The number of nitrogens with two attached hydrogens (primary N) is 1. The number of aromatic nitrogens is 3. The molecule has 0 aliphatic heterocycles. The maximum absolute atomic E-state index is 13.9. The molecular weight excluding hydrogens is 342 g/mol. The quantitative estimate of drug-likeness (QED) is 0.801. The van der Waals surface area contributed by atoms with E-state index < -0.39 is 41.0 Å². The van der Waals surface area contributed by atoms with Crippen LogP contribution in [0.2, 0.25) is 0 Å². The molecule has 1 atom stereocenters. The molecule has 1 aliphatic carbocycles. The standard InChI is InChI=1S/C15H15F4N5O/c16-9-3-1-2-4-11(9)24-13(15(17,18)19)12(22-23-24)14(25)21-10(7-20)8-5-6-8/h1-4,8,10H,5-7,20H2,(H,21,25). The Balaban J connectivity index is 2.00. The summed E-state index contributed by atoms with van der Waals surface area (Å²) in [5.74, 6) is -1.79. The van der Waals surface area contributed by atoms with Crippen LogP contribution in [0.4, 0.5) is 17.6 Å². The largest absolute Gasteiger partial charge is 0.435 e. The minimum atomic E-state index is -4.95. The Bertz CT molecular complexity index is 784. The van der Waals surface area contributed by atoms with Gasteiger partial charge < -0.3 is 11.1 Å². The predicted molar refractivity (Wildman–Crippen MR) is 79.4 cm³/mol. The molecular formula is C15H15F4N5O. The van der Waals surface area contributed by atoms with Crippen molar-refractivity contribution in [2.24, 2.45) is 11.7 Å². The first kappa shape index (κ1) is 17.3. The van der Waals surface area contributed by atoms with E-state index in [2.05, 4.69) is 15.6 Å². The zero-order valence-electron chi connectivity index (χ0n) is 12.9. The monoisotopic (exact) mass is 357 g/mol. The molecule has 1 heterocycles. The van der Waals surface area contributed by atoms with Gasteiger partial charge in [-0.1, -0.05) is 17.3 Å². The SMILES string of the molecule is NCC(NC(=O)c1nnn(-c2ccccc2F)c1C(F)(F)F)C1CC1. The first-order chi connectivity index (χ1) is 11.8. The topological polar surface area (TPSA) is 85.8 Å². The number of amides is 1. The van der Waals surface area contributed by atoms with Crippen molar-refractivity contribution in [2.45, 2.75) is 25.1 Å². The van der Waals surface area contributed by atoms with E-state index in [0.29, 0.717) is 4.68 Å². The third-order valence-corrected chi connectivity index (χ3v) is 4.00. The van der Waals surface area contributed by atoms with Gasteiger partial charge in [-0.25, -0.2) is 9.07 Å². The number of carbonyl (C=O) groups excluding carboxylic acids is 1. The lowest BCUT2D eigenvalue weighted by Crippen LogP contribution is -2.42. The van der Waals surface area contributed by atoms with Gasteiger partial charge in [0.1, 0.15) is 11.5 Å². The molecule has 1 unspecified atom stereocenters. The van der Waals surface area contributed by atoms with Crippen LogP contribution in [-0.4, -0.2) is 33.5 Å². The molecule has 25 heavy (non-hydrogen) atoms. The molecule has 1 aromatic heterocycles. The number of carbonyl (C=O) groups is 1. The third kappa shape index (κ3) is 3.48. The average molecular weight is 357 g/mol. The average Bonchev–Trinajstić information content (AvgIpc) is 3.29. The number of hydrogen-bond acceptors (Lipinski definition) is 4. The van der Waals surface area contributed by atoms with E-state index in [1.807, 2.05) is 0 Å². The summed E-state index contributed by atoms with van der Waals surface area (Å²) in [6.45, 7) is 0.110. The number of alkyl halides is 3. The molecule has 6 nitrogen and oxygen atoms in total. The molecule has 0 saturated heterocycles. The second kappa shape index (κ2) is 6.43. The van der Waals surface area contributed by atoms with Crippen LogP contribution >= 0.6 is 0 Å². The fourth-order valence-corrected chi connectivity index (χ4v) is 2.59. The van der Waals surface area contributed by atoms with Crippen LogP contribution in [-0.2, 0) is 6.18 Å². The Morgan fingerprint density at radius 3 is 2.60 bits per heavy atom. The molecule has 10 heteroatoms. The van der Waals surface area contributed by atoms with Crippen molar-refractivity contribution in [3.8, 4) is 5.69 Å². The van der Waals surface area contributed by atoms with E-state index in [1.165, 1.54) is 12.1 Å². The van der Waals surface area contributed by atoms with Crippen molar-refractivity contribution < 1.29 is 22.4 Å². The maximum atomic E-state index is 13.9. The Kier molecular flexibility index (Phi) is 4.46. The van der Waals surface area contributed by atoms with Gasteiger partial charge in [-0.05, 0) is 30.9 Å². The summed E-state index contributed by atoms with van der Waals surface area (Å²) in [6, 6.07) is 4.38. The second-order valence-electron chi connectivity index (χ2n) is 5.80. The molecule has 1 aliphatic rings. The van der Waals surface area contributed by atoms with E-state index in [9.17, 15) is 22.4 Å². The molecule has 3 rings (SSSR count). The number of hydrogen-bond donors (Lipinski definition) is 2. The summed E-state index contributed by atoms with van der Waals surface area (Å²) < 4.78 is 54.6. The number of benzene rings is 1. The van der Waals surface area contributed by atoms with Crippen LogP contribution in [0, 0.1) is 11.7 Å². The highest BCUT2D eigenvalue weighted by molar-refractivity contribution is 5.93. The lowest BCUT2D eigenvalue weighted by Gasteiger charge is -2.16. The number of nitrogens with zero attached hydrogens (tertiary/aromatic N) is 3. The normalized spacial score (nSPS) is 15.9. The van der Waals surface area contributed by atoms with Crippen LogP contribution in [0.25, 0.3) is 5.69 Å². The molecule has 0 radical (unpaired) electrons. The Hall–Kier alpha value is -2.49. The predicted octanol–water partition coefficient (Wildman–Crippen LogP) is 1.89. The zero-order chi connectivity index (χ0) is 18.2. The van der Waals surface area contributed by atoms with Gasteiger partial charge >= 0.3 is 6.18 Å². The highest BCUT2D eigenvalue weighted by Crippen LogP contribution is 2.34. The van der Waals surface area contributed by atoms with Crippen molar-refractivity contribution >= 4 is 5.91 Å². The zero-order valence-corrected chi connectivity index (χ0v) is 12.9. The first-order valence-corrected chi connectivity index (χ1v) is 7.61. The summed E-state index contributed by atoms with van der Waals surface area (Å²) in [4.78, 5) is 12.3. The molecule has 1 amide bonds. The highest BCUT2D eigenvalue weighted by Gasteiger charge is 2.43. The van der Waals surface area contributed by atoms with Gasteiger partial charge in [0.15, 0.2) is 11.4 Å². The van der Waals surface area contributed by atoms with Gasteiger partial charge in [-0.3, -0.25) is 4.79 Å². The minimum Gasteiger partial charge on any atom is -0.346 e. The lowest BCUT2D eigenvalue weighted by atomic mass is 10.1. The van der Waals surface area contributed by atoms with Crippen LogP contribution in [0.5, 0.6) is 0 Å². The van der Waals surface area contributed by atoms with E-state index in [0.717, 1.165) is 25.0 Å². The fraction of sp³-hybridized carbons (Fsp3) is 0.400. The minimum absolute atomic E-state index is 0.110. The van der Waals surface area contributed by atoms with Crippen molar-refractivity contribution in [2.75, 3.05) is 6.54 Å². The molecule has 1 fully saturated rings. The first-order valence-electron chi connectivity index (χ1n) is 7.61. The van der Waals surface area contributed by atoms with Crippen molar-refractivity contribution in [1.82, 2.24) is 20.3 Å². The Labute approximate surface area is 140 Å². The molecule has 0 bridgehead atoms. The van der Waals surface area contributed by atoms with Crippen molar-refractivity contribution in [3.63, 3.8) is 0 Å². The van der Waals surface area contributed by atoms with E-state index in [-0.39, 0.29) is 12.5 Å². The molecule has 1 saturated carbocycles. The van der Waals surface area contributed by atoms with Gasteiger partial charge in [0.05, 0.1) is 0 Å². The number of para-hydroxylation sites is 1. The molecule has 134 valence electrons. The van der Waals surface area contributed by atoms with E-state index in [4.69, 9.17) is 5.73 Å². The van der Waals surface area contributed by atoms with Crippen LogP contribution < -0.4 is 11.1 Å². The lowest BCUT2D eigenvalue weighted by molar-refractivity contribution is -0.143. The van der Waals surface area contributed by atoms with E-state index >= 15 is 0 Å². The van der Waals surface area contributed by atoms with Gasteiger partial charge in [0, 0.05) is 12.6 Å². The summed E-state index contributed by atoms with van der Waals surface area (Å²) in [5.41, 5.74) is 2.77. The van der Waals surface area contributed by atoms with Gasteiger partial charge in [-0.15, -0.1) is 5.10 Å². The number of halogens is 4. The van der Waals surface area contributed by atoms with Crippen LogP contribution in [0.1, 0.15) is 29.0 Å². The van der Waals surface area contributed by atoms with Crippen molar-refractivity contribution in [1.29, 1.82) is 0 Å². The molecule has 2 aromatic rings. The Morgan fingerprint density at radius 1 is 1.36 bits per heavy atom. The van der Waals surface area contributed by atoms with Gasteiger partial charge in [0.2, 0.25) is 0 Å². The number of nitrogens with one attached hydrogen (secondary N) is 1. The molecule has 3 N–H and O–H groups in total. The molecule has 1 aromatic carbocycles. The summed E-state index contributed by atoms with van der Waals surface area (Å²) in [6.07, 6.45) is -3.23. The summed E-state index contributed by atoms with van der Waals surface area (Å²) in [5, 5.41) is 9.15. The maximum Gasteiger partial charge on any atom is 0.435 e. The molecule has 0 spiro atoms. The number of rotatable bonds is 5. The fourth-order valence-electron chi connectivity index (χ4n) is 2.59. The highest BCUT2D eigenvalue weighted by atomic mass is 19.4. The Morgan fingerprint density at radius 2 is 2.04 bits per heavy atom. The second-order valence-corrected chi connectivity index (χ2v) is 5.80. The van der Waals surface area contributed by atoms with Gasteiger partial charge in [-0.2, -0.15) is 13.2 Å².